The molecule has 1 saturated heterocycles. The van der Waals surface area contributed by atoms with Gasteiger partial charge in [-0.05, 0) is 25.5 Å². The average molecular weight is 257 g/mol. The summed E-state index contributed by atoms with van der Waals surface area (Å²) < 4.78 is 1.59. The highest BCUT2D eigenvalue weighted by Crippen LogP contribution is 2.24. The van der Waals surface area contributed by atoms with Gasteiger partial charge in [0.25, 0.3) is 5.56 Å². The van der Waals surface area contributed by atoms with Crippen molar-refractivity contribution in [2.45, 2.75) is 19.4 Å². The Morgan fingerprint density at radius 1 is 1.37 bits per heavy atom. The molecule has 0 spiro atoms. The number of benzene rings is 1. The van der Waals surface area contributed by atoms with Gasteiger partial charge in [-0.15, -0.1) is 0 Å². The van der Waals surface area contributed by atoms with Crippen LogP contribution < -0.4 is 10.5 Å². The molecular formula is C14H15N3O2. The highest BCUT2D eigenvalue weighted by atomic mass is 16.1. The van der Waals surface area contributed by atoms with Crippen molar-refractivity contribution in [2.24, 2.45) is 7.05 Å². The van der Waals surface area contributed by atoms with E-state index in [1.165, 1.54) is 0 Å². The van der Waals surface area contributed by atoms with Gasteiger partial charge in [-0.25, -0.2) is 4.98 Å². The molecule has 19 heavy (non-hydrogen) atoms. The minimum Gasteiger partial charge on any atom is -0.342 e. The van der Waals surface area contributed by atoms with Gasteiger partial charge < -0.3 is 9.47 Å². The SMILES string of the molecule is CC(=O)C1CCN1c1nc2ccccc2n(C)c1=O. The Morgan fingerprint density at radius 3 is 2.74 bits per heavy atom. The number of carbonyl (C=O) groups is 1. The van der Waals surface area contributed by atoms with Crippen LogP contribution in [-0.4, -0.2) is 27.9 Å². The Hall–Kier alpha value is -2.17. The number of Topliss-reactive ketones (excluding diaryl/α,β-unsaturated/α-hetero) is 1. The molecule has 0 N–H and O–H groups in total. The van der Waals surface area contributed by atoms with E-state index in [9.17, 15) is 9.59 Å². The van der Waals surface area contributed by atoms with E-state index in [-0.39, 0.29) is 17.4 Å². The lowest BCUT2D eigenvalue weighted by atomic mass is 10.00. The number of aromatic nitrogens is 2. The van der Waals surface area contributed by atoms with Gasteiger partial charge >= 0.3 is 0 Å². The topological polar surface area (TPSA) is 55.2 Å². The molecule has 1 aromatic carbocycles. The number of para-hydroxylation sites is 2. The third-order valence-electron chi connectivity index (χ3n) is 3.73. The molecule has 1 aliphatic rings. The van der Waals surface area contributed by atoms with Crippen LogP contribution in [0.4, 0.5) is 5.82 Å². The van der Waals surface area contributed by atoms with Crippen LogP contribution in [0.2, 0.25) is 0 Å². The Labute approximate surface area is 110 Å². The largest absolute Gasteiger partial charge is 0.342 e. The number of anilines is 1. The fourth-order valence-corrected chi connectivity index (χ4v) is 2.51. The van der Waals surface area contributed by atoms with E-state index in [0.29, 0.717) is 12.4 Å². The lowest BCUT2D eigenvalue weighted by molar-refractivity contribution is -0.119. The van der Waals surface area contributed by atoms with Gasteiger partial charge in [0.1, 0.15) is 0 Å². The van der Waals surface area contributed by atoms with E-state index in [1.807, 2.05) is 24.3 Å². The number of fused-ring (bicyclic) bond motifs is 1. The zero-order valence-corrected chi connectivity index (χ0v) is 11.0. The van der Waals surface area contributed by atoms with Gasteiger partial charge in [0.05, 0.1) is 17.1 Å². The van der Waals surface area contributed by atoms with Crippen LogP contribution in [0, 0.1) is 0 Å². The van der Waals surface area contributed by atoms with Crippen molar-refractivity contribution in [1.82, 2.24) is 9.55 Å². The fraction of sp³-hybridized carbons (Fsp3) is 0.357. The molecule has 5 heteroatoms. The Bertz CT molecular complexity index is 720. The normalized spacial score (nSPS) is 18.4. The van der Waals surface area contributed by atoms with E-state index in [2.05, 4.69) is 4.98 Å². The van der Waals surface area contributed by atoms with Crippen molar-refractivity contribution in [3.8, 4) is 0 Å². The van der Waals surface area contributed by atoms with Crippen LogP contribution in [0.25, 0.3) is 11.0 Å². The van der Waals surface area contributed by atoms with Crippen LogP contribution in [0.5, 0.6) is 0 Å². The number of aryl methyl sites for hydroxylation is 1. The molecule has 1 unspecified atom stereocenters. The zero-order chi connectivity index (χ0) is 13.6. The first kappa shape index (κ1) is 11.9. The molecule has 1 atom stereocenters. The molecule has 0 aliphatic carbocycles. The Balaban J connectivity index is 2.17. The summed E-state index contributed by atoms with van der Waals surface area (Å²) in [6.07, 6.45) is 0.799. The van der Waals surface area contributed by atoms with Gasteiger partial charge in [-0.1, -0.05) is 12.1 Å². The second-order valence-electron chi connectivity index (χ2n) is 4.90. The molecule has 1 aromatic heterocycles. The predicted octanol–water partition coefficient (Wildman–Crippen LogP) is 1.10. The van der Waals surface area contributed by atoms with E-state index in [0.717, 1.165) is 17.5 Å². The number of carbonyl (C=O) groups excluding carboxylic acids is 1. The minimum atomic E-state index is -0.193. The molecule has 5 nitrogen and oxygen atoms in total. The maximum absolute atomic E-state index is 12.3. The lowest BCUT2D eigenvalue weighted by Gasteiger charge is -2.39. The Kier molecular flexibility index (Phi) is 2.62. The van der Waals surface area contributed by atoms with Crippen molar-refractivity contribution in [3.63, 3.8) is 0 Å². The van der Waals surface area contributed by atoms with E-state index >= 15 is 0 Å². The van der Waals surface area contributed by atoms with Crippen molar-refractivity contribution >= 4 is 22.6 Å². The monoisotopic (exact) mass is 257 g/mol. The molecule has 0 radical (unpaired) electrons. The highest BCUT2D eigenvalue weighted by molar-refractivity contribution is 5.87. The van der Waals surface area contributed by atoms with E-state index in [4.69, 9.17) is 0 Å². The van der Waals surface area contributed by atoms with Crippen molar-refractivity contribution in [1.29, 1.82) is 0 Å². The summed E-state index contributed by atoms with van der Waals surface area (Å²) in [5, 5.41) is 0. The Morgan fingerprint density at radius 2 is 2.11 bits per heavy atom. The summed E-state index contributed by atoms with van der Waals surface area (Å²) in [5.74, 6) is 0.468. The quantitative estimate of drug-likeness (QED) is 0.808. The minimum absolute atomic E-state index is 0.0864. The molecule has 0 amide bonds. The third kappa shape index (κ3) is 1.73. The smallest absolute Gasteiger partial charge is 0.293 e. The van der Waals surface area contributed by atoms with Gasteiger partial charge in [0.2, 0.25) is 0 Å². The van der Waals surface area contributed by atoms with Crippen LogP contribution in [0.1, 0.15) is 13.3 Å². The van der Waals surface area contributed by atoms with Crippen LogP contribution in [-0.2, 0) is 11.8 Å². The summed E-state index contributed by atoms with van der Waals surface area (Å²) in [4.78, 5) is 30.1. The zero-order valence-electron chi connectivity index (χ0n) is 11.0. The number of rotatable bonds is 2. The average Bonchev–Trinajstić information content (AvgIpc) is 2.33. The maximum atomic E-state index is 12.3. The third-order valence-corrected chi connectivity index (χ3v) is 3.73. The molecule has 2 aromatic rings. The molecule has 0 bridgehead atoms. The molecule has 1 aliphatic heterocycles. The first-order valence-electron chi connectivity index (χ1n) is 6.32. The first-order chi connectivity index (χ1) is 9.09. The first-order valence-corrected chi connectivity index (χ1v) is 6.32. The second kappa shape index (κ2) is 4.19. The molecule has 98 valence electrons. The molecule has 1 fully saturated rings. The van der Waals surface area contributed by atoms with Crippen molar-refractivity contribution in [3.05, 3.63) is 34.6 Å². The highest BCUT2D eigenvalue weighted by Gasteiger charge is 2.34. The van der Waals surface area contributed by atoms with Crippen molar-refractivity contribution in [2.75, 3.05) is 11.4 Å². The predicted molar refractivity (Wildman–Crippen MR) is 73.4 cm³/mol. The second-order valence-corrected chi connectivity index (χ2v) is 4.90. The molecule has 0 saturated carbocycles. The van der Waals surface area contributed by atoms with Gasteiger partial charge in [0.15, 0.2) is 11.6 Å². The van der Waals surface area contributed by atoms with Crippen molar-refractivity contribution < 1.29 is 4.79 Å². The molecule has 3 rings (SSSR count). The summed E-state index contributed by atoms with van der Waals surface area (Å²) in [5.41, 5.74) is 1.43. The van der Waals surface area contributed by atoms with E-state index in [1.54, 1.807) is 23.4 Å². The van der Waals surface area contributed by atoms with Crippen LogP contribution in [0.15, 0.2) is 29.1 Å². The summed E-state index contributed by atoms with van der Waals surface area (Å²) >= 11 is 0. The van der Waals surface area contributed by atoms with Gasteiger partial charge in [0, 0.05) is 13.6 Å². The number of nitrogens with zero attached hydrogens (tertiary/aromatic N) is 3. The van der Waals surface area contributed by atoms with Crippen LogP contribution >= 0.6 is 0 Å². The maximum Gasteiger partial charge on any atom is 0.293 e. The standard InChI is InChI=1S/C14H15N3O2/c1-9(18)11-7-8-17(11)13-14(19)16(2)12-6-4-3-5-10(12)15-13/h3-6,11H,7-8H2,1-2H3. The van der Waals surface area contributed by atoms with Gasteiger partial charge in [-0.2, -0.15) is 0 Å². The van der Waals surface area contributed by atoms with Gasteiger partial charge in [-0.3, -0.25) is 9.59 Å². The number of ketones is 1. The number of hydrogen-bond acceptors (Lipinski definition) is 4. The van der Waals surface area contributed by atoms with Crippen LogP contribution in [0.3, 0.4) is 0 Å². The molecule has 2 heterocycles. The lowest BCUT2D eigenvalue weighted by Crippen LogP contribution is -2.54. The van der Waals surface area contributed by atoms with E-state index < -0.39 is 0 Å². The summed E-state index contributed by atoms with van der Waals surface area (Å²) in [7, 11) is 1.73. The fourth-order valence-electron chi connectivity index (χ4n) is 2.51. The summed E-state index contributed by atoms with van der Waals surface area (Å²) in [6.45, 7) is 2.27. The number of hydrogen-bond donors (Lipinski definition) is 0. The summed E-state index contributed by atoms with van der Waals surface area (Å²) in [6, 6.07) is 7.32. The molecular weight excluding hydrogens is 242 g/mol.